The van der Waals surface area contributed by atoms with E-state index in [2.05, 4.69) is 72.3 Å². The maximum Gasteiger partial charge on any atom is 0.0728 e. The molecule has 0 amide bonds. The van der Waals surface area contributed by atoms with Crippen LogP contribution >= 0.6 is 15.9 Å². The molecule has 1 aromatic carbocycles. The Hall–Kier alpha value is -0.420. The number of hydrogen-bond donors (Lipinski definition) is 1. The van der Waals surface area contributed by atoms with Gasteiger partial charge in [-0.2, -0.15) is 0 Å². The van der Waals surface area contributed by atoms with E-state index in [1.807, 2.05) is 0 Å². The van der Waals surface area contributed by atoms with E-state index in [0.717, 1.165) is 24.2 Å². The molecule has 1 aromatic rings. The van der Waals surface area contributed by atoms with Crippen molar-refractivity contribution in [3.63, 3.8) is 0 Å². The molecule has 3 nitrogen and oxygen atoms in total. The molecule has 0 aliphatic rings. The van der Waals surface area contributed by atoms with Crippen LogP contribution in [0.3, 0.4) is 0 Å². The fraction of sp³-hybridized carbons (Fsp3) is 0.600. The van der Waals surface area contributed by atoms with Crippen molar-refractivity contribution in [3.05, 3.63) is 33.8 Å². The van der Waals surface area contributed by atoms with Gasteiger partial charge >= 0.3 is 0 Å². The van der Waals surface area contributed by atoms with Gasteiger partial charge in [0.05, 0.1) is 13.2 Å². The second-order valence-electron chi connectivity index (χ2n) is 5.32. The van der Waals surface area contributed by atoms with Gasteiger partial charge in [-0.25, -0.2) is 0 Å². The van der Waals surface area contributed by atoms with Crippen molar-refractivity contribution < 1.29 is 4.74 Å². The summed E-state index contributed by atoms with van der Waals surface area (Å²) in [6.07, 6.45) is 0. The van der Waals surface area contributed by atoms with Gasteiger partial charge in [0, 0.05) is 23.6 Å². The van der Waals surface area contributed by atoms with Crippen LogP contribution in [0.15, 0.2) is 22.7 Å². The zero-order chi connectivity index (χ0) is 14.3. The van der Waals surface area contributed by atoms with Gasteiger partial charge in [0.25, 0.3) is 0 Å². The fourth-order valence-electron chi connectivity index (χ4n) is 1.57. The lowest BCUT2D eigenvalue weighted by molar-refractivity contribution is 0.105. The van der Waals surface area contributed by atoms with E-state index in [0.29, 0.717) is 12.6 Å². The number of hydrogen-bond acceptors (Lipinski definition) is 3. The fourth-order valence-corrected chi connectivity index (χ4v) is 2.11. The zero-order valence-electron chi connectivity index (χ0n) is 12.4. The topological polar surface area (TPSA) is 24.5 Å². The molecule has 108 valence electrons. The second-order valence-corrected chi connectivity index (χ2v) is 6.17. The van der Waals surface area contributed by atoms with Crippen molar-refractivity contribution in [1.29, 1.82) is 0 Å². The van der Waals surface area contributed by atoms with E-state index in [9.17, 15) is 0 Å². The number of ether oxygens (including phenoxy) is 1. The van der Waals surface area contributed by atoms with Crippen LogP contribution < -0.4 is 5.32 Å². The summed E-state index contributed by atoms with van der Waals surface area (Å²) in [6, 6.07) is 6.97. The zero-order valence-corrected chi connectivity index (χ0v) is 14.0. The van der Waals surface area contributed by atoms with Crippen LogP contribution in [0.2, 0.25) is 0 Å². The Balaban J connectivity index is 2.43. The summed E-state index contributed by atoms with van der Waals surface area (Å²) in [6.45, 7) is 7.58. The van der Waals surface area contributed by atoms with Crippen LogP contribution in [0, 0.1) is 0 Å². The van der Waals surface area contributed by atoms with Crippen molar-refractivity contribution in [2.45, 2.75) is 33.0 Å². The first-order valence-corrected chi connectivity index (χ1v) is 7.51. The molecule has 0 aromatic heterocycles. The molecule has 0 spiro atoms. The van der Waals surface area contributed by atoms with Crippen LogP contribution in [0.25, 0.3) is 0 Å². The molecular formula is C15H25BrN2O. The molecular weight excluding hydrogens is 304 g/mol. The van der Waals surface area contributed by atoms with Crippen LogP contribution in [0.5, 0.6) is 0 Å². The molecule has 0 radical (unpaired) electrons. The van der Waals surface area contributed by atoms with Crippen molar-refractivity contribution in [1.82, 2.24) is 10.2 Å². The largest absolute Gasteiger partial charge is 0.375 e. The maximum absolute atomic E-state index is 5.66. The van der Waals surface area contributed by atoms with E-state index in [4.69, 9.17) is 4.74 Å². The van der Waals surface area contributed by atoms with E-state index in [1.54, 1.807) is 0 Å². The van der Waals surface area contributed by atoms with Crippen molar-refractivity contribution in [3.8, 4) is 0 Å². The smallest absolute Gasteiger partial charge is 0.0728 e. The van der Waals surface area contributed by atoms with Gasteiger partial charge in [0.1, 0.15) is 0 Å². The Morgan fingerprint density at radius 3 is 2.63 bits per heavy atom. The summed E-state index contributed by atoms with van der Waals surface area (Å²) in [5.41, 5.74) is 2.49. The average molecular weight is 329 g/mol. The SMILES string of the molecule is CC(C)NCc1ccc(COCCN(C)C)c(Br)c1. The van der Waals surface area contributed by atoms with Crippen LogP contribution in [0.1, 0.15) is 25.0 Å². The molecule has 0 aliphatic heterocycles. The summed E-state index contributed by atoms with van der Waals surface area (Å²) >= 11 is 3.62. The van der Waals surface area contributed by atoms with Crippen LogP contribution in [-0.4, -0.2) is 38.2 Å². The summed E-state index contributed by atoms with van der Waals surface area (Å²) in [7, 11) is 4.10. The molecule has 0 aliphatic carbocycles. The molecule has 19 heavy (non-hydrogen) atoms. The molecule has 0 atom stereocenters. The molecule has 0 saturated heterocycles. The lowest BCUT2D eigenvalue weighted by Crippen LogP contribution is -2.21. The van der Waals surface area contributed by atoms with E-state index in [-0.39, 0.29) is 0 Å². The average Bonchev–Trinajstić information content (AvgIpc) is 2.33. The Morgan fingerprint density at radius 2 is 2.05 bits per heavy atom. The number of rotatable bonds is 8. The second kappa shape index (κ2) is 8.69. The lowest BCUT2D eigenvalue weighted by Gasteiger charge is -2.12. The molecule has 4 heteroatoms. The number of likely N-dealkylation sites (N-methyl/N-ethyl adjacent to an activating group) is 1. The molecule has 1 rings (SSSR count). The summed E-state index contributed by atoms with van der Waals surface area (Å²) in [4.78, 5) is 2.12. The Morgan fingerprint density at radius 1 is 1.32 bits per heavy atom. The first-order chi connectivity index (χ1) is 8.99. The minimum Gasteiger partial charge on any atom is -0.375 e. The third-order valence-electron chi connectivity index (χ3n) is 2.77. The standard InChI is InChI=1S/C15H25BrN2O/c1-12(2)17-10-13-5-6-14(15(16)9-13)11-19-8-7-18(3)4/h5-6,9,12,17H,7-8,10-11H2,1-4H3. The van der Waals surface area contributed by atoms with Gasteiger partial charge in [0.2, 0.25) is 0 Å². The highest BCUT2D eigenvalue weighted by Crippen LogP contribution is 2.19. The maximum atomic E-state index is 5.66. The van der Waals surface area contributed by atoms with Gasteiger partial charge in [-0.15, -0.1) is 0 Å². The van der Waals surface area contributed by atoms with Crippen molar-refractivity contribution in [2.24, 2.45) is 0 Å². The van der Waals surface area contributed by atoms with Crippen molar-refractivity contribution in [2.75, 3.05) is 27.2 Å². The van der Waals surface area contributed by atoms with Gasteiger partial charge in [-0.05, 0) is 31.3 Å². The third kappa shape index (κ3) is 7.06. The summed E-state index contributed by atoms with van der Waals surface area (Å²) in [5.74, 6) is 0. The number of nitrogens with one attached hydrogen (secondary N) is 1. The molecule has 0 unspecified atom stereocenters. The Labute approximate surface area is 125 Å². The molecule has 0 heterocycles. The Bertz CT molecular complexity index is 380. The van der Waals surface area contributed by atoms with Gasteiger partial charge in [-0.3, -0.25) is 0 Å². The first kappa shape index (κ1) is 16.6. The molecule has 1 N–H and O–H groups in total. The lowest BCUT2D eigenvalue weighted by atomic mass is 10.1. The predicted molar refractivity (Wildman–Crippen MR) is 84.3 cm³/mol. The number of benzene rings is 1. The van der Waals surface area contributed by atoms with Crippen molar-refractivity contribution >= 4 is 15.9 Å². The monoisotopic (exact) mass is 328 g/mol. The predicted octanol–water partition coefficient (Wildman–Crippen LogP) is 3.03. The minimum absolute atomic E-state index is 0.507. The van der Waals surface area contributed by atoms with Gasteiger partial charge < -0.3 is 15.0 Å². The normalized spacial score (nSPS) is 11.5. The number of nitrogens with zero attached hydrogens (tertiary/aromatic N) is 1. The van der Waals surface area contributed by atoms with Crippen LogP contribution in [0.4, 0.5) is 0 Å². The highest BCUT2D eigenvalue weighted by atomic mass is 79.9. The summed E-state index contributed by atoms with van der Waals surface area (Å²) in [5, 5.41) is 3.42. The minimum atomic E-state index is 0.507. The highest BCUT2D eigenvalue weighted by Gasteiger charge is 2.03. The molecule has 0 bridgehead atoms. The molecule has 0 fully saturated rings. The van der Waals surface area contributed by atoms with E-state index >= 15 is 0 Å². The van der Waals surface area contributed by atoms with Gasteiger partial charge in [-0.1, -0.05) is 41.9 Å². The third-order valence-corrected chi connectivity index (χ3v) is 3.51. The Kier molecular flexibility index (Phi) is 7.61. The van der Waals surface area contributed by atoms with E-state index < -0.39 is 0 Å². The molecule has 0 saturated carbocycles. The first-order valence-electron chi connectivity index (χ1n) is 6.72. The van der Waals surface area contributed by atoms with Crippen LogP contribution in [-0.2, 0) is 17.9 Å². The highest BCUT2D eigenvalue weighted by molar-refractivity contribution is 9.10. The summed E-state index contributed by atoms with van der Waals surface area (Å²) < 4.78 is 6.79. The van der Waals surface area contributed by atoms with Gasteiger partial charge in [0.15, 0.2) is 0 Å². The quantitative estimate of drug-likeness (QED) is 0.742. The van der Waals surface area contributed by atoms with E-state index in [1.165, 1.54) is 11.1 Å². The number of halogens is 1.